The molecule has 2 aromatic carbocycles. The van der Waals surface area contributed by atoms with Crippen LogP contribution in [0.3, 0.4) is 0 Å². The Morgan fingerprint density at radius 1 is 0.552 bits per heavy atom. The molecule has 0 spiro atoms. The van der Waals surface area contributed by atoms with Crippen LogP contribution in [0.2, 0.25) is 0 Å². The van der Waals surface area contributed by atoms with Gasteiger partial charge in [0.1, 0.15) is 55.3 Å². The van der Waals surface area contributed by atoms with Gasteiger partial charge in [0.2, 0.25) is 0 Å². The lowest BCUT2D eigenvalue weighted by Crippen LogP contribution is -2.51. The highest BCUT2D eigenvalue weighted by Crippen LogP contribution is 2.57. The predicted octanol–water partition coefficient (Wildman–Crippen LogP) is 25.2. The number of benzene rings is 2. The Bertz CT molecular complexity index is 2560. The number of halogens is 1. The van der Waals surface area contributed by atoms with Crippen LogP contribution in [0.25, 0.3) is 0 Å². The molecule has 8 saturated carbocycles. The molecule has 8 fully saturated rings. The minimum absolute atomic E-state index is 0.233. The number of thiophene rings is 1. The average Bonchev–Trinajstić information content (AvgIpc) is 1.29. The molecule has 0 atom stereocenters. The van der Waals surface area contributed by atoms with Gasteiger partial charge in [-0.1, -0.05) is 170 Å². The Hall–Kier alpha value is -6.94. The molecular weight excluding hydrogens is 1360 g/mol. The summed E-state index contributed by atoms with van der Waals surface area (Å²) in [5, 5.41) is 1.83. The molecule has 2 heterocycles. The third-order valence-electron chi connectivity index (χ3n) is 17.8. The largest absolute Gasteiger partial charge is 0.502 e. The van der Waals surface area contributed by atoms with Crippen molar-refractivity contribution in [3.63, 3.8) is 0 Å². The number of esters is 1. The lowest BCUT2D eigenvalue weighted by Gasteiger charge is -2.55. The van der Waals surface area contributed by atoms with E-state index in [2.05, 4.69) is 76.0 Å². The molecule has 12 rings (SSSR count). The zero-order valence-corrected chi connectivity index (χ0v) is 67.1. The lowest BCUT2D eigenvalue weighted by atomic mass is 9.54. The van der Waals surface area contributed by atoms with Crippen LogP contribution in [0, 0.1) is 23.7 Å². The smallest absolute Gasteiger partial charge is 0.348 e. The van der Waals surface area contributed by atoms with Gasteiger partial charge in [0.05, 0.1) is 100 Å². The van der Waals surface area contributed by atoms with E-state index in [1.54, 1.807) is 31.1 Å². The molecule has 1 aliphatic heterocycles. The van der Waals surface area contributed by atoms with E-state index < -0.39 is 0 Å². The molecule has 105 heavy (non-hydrogen) atoms. The summed E-state index contributed by atoms with van der Waals surface area (Å²) >= 11 is 6.44. The Labute approximate surface area is 646 Å². The maximum Gasteiger partial charge on any atom is 0.348 e. The first-order chi connectivity index (χ1) is 51.3. The van der Waals surface area contributed by atoms with Gasteiger partial charge in [-0.15, -0.1) is 11.3 Å². The summed E-state index contributed by atoms with van der Waals surface area (Å²) in [4.78, 5) is 11.8. The van der Waals surface area contributed by atoms with Crippen molar-refractivity contribution in [1.29, 1.82) is 0 Å². The van der Waals surface area contributed by atoms with E-state index in [9.17, 15) is 4.79 Å². The van der Waals surface area contributed by atoms with Gasteiger partial charge in [0.15, 0.2) is 0 Å². The topological polar surface area (TPSA) is 137 Å². The molecule has 0 amide bonds. The monoisotopic (exact) mass is 1500 g/mol. The van der Waals surface area contributed by atoms with E-state index in [1.165, 1.54) is 234 Å². The molecule has 0 N–H and O–H groups in total. The predicted molar refractivity (Wildman–Crippen MR) is 437 cm³/mol. The van der Waals surface area contributed by atoms with Crippen LogP contribution < -0.4 is 4.74 Å². The van der Waals surface area contributed by atoms with Crippen LogP contribution in [0.4, 0.5) is 0 Å². The average molecular weight is 1500 g/mol. The number of carbonyl (C=O) groups excluding carboxylic acids is 1. The normalized spacial score (nSPS) is 19.2. The molecule has 1 aromatic heterocycles. The number of allylic oxidation sites excluding steroid dienone is 3. The molecule has 14 nitrogen and oxygen atoms in total. The molecule has 0 unspecified atom stereocenters. The number of hydrogen-bond acceptors (Lipinski definition) is 15. The van der Waals surface area contributed by atoms with E-state index in [-0.39, 0.29) is 18.2 Å². The van der Waals surface area contributed by atoms with E-state index in [1.807, 2.05) is 105 Å². The fraction of sp³-hybridized carbons (Fsp3) is 0.584. The number of para-hydroxylation sites is 1. The van der Waals surface area contributed by atoms with Crippen LogP contribution in [0.5, 0.6) is 5.75 Å². The Morgan fingerprint density at radius 3 is 1.48 bits per heavy atom. The van der Waals surface area contributed by atoms with Crippen molar-refractivity contribution >= 4 is 28.9 Å². The number of ether oxygens (including phenoxy) is 13. The molecule has 0 saturated heterocycles. The van der Waals surface area contributed by atoms with Gasteiger partial charge in [-0.2, -0.15) is 0 Å². The molecule has 3 aromatic rings. The summed E-state index contributed by atoms with van der Waals surface area (Å²) in [6.45, 7) is 43.5. The molecule has 16 heteroatoms. The van der Waals surface area contributed by atoms with Gasteiger partial charge < -0.3 is 61.6 Å². The fourth-order valence-electron chi connectivity index (χ4n) is 13.3. The molecule has 592 valence electrons. The van der Waals surface area contributed by atoms with Gasteiger partial charge in [-0.25, -0.2) is 4.79 Å². The first-order valence-corrected chi connectivity index (χ1v) is 40.3. The van der Waals surface area contributed by atoms with E-state index >= 15 is 0 Å². The van der Waals surface area contributed by atoms with Gasteiger partial charge in [-0.3, -0.25) is 0 Å². The SMILES string of the molecule is C1=COCCC1.C=C(C)OC1CCCCC1.C=COC12CC3CC(CC(C3)C1)C2.C=COC1CCCCC1.C=COCC.C=COCCC1CCCCC1.C=COCCOC(=O)c1cccs1.C=COCCOc1ccccc1.C=COCc1ccccc1.CC(C)=COC1CCCCC1.CCOCCl. The Balaban J connectivity index is 0.000000584. The van der Waals surface area contributed by atoms with Crippen molar-refractivity contribution in [1.82, 2.24) is 0 Å². The van der Waals surface area contributed by atoms with Gasteiger partial charge in [0, 0.05) is 6.61 Å². The standard InChI is InChI=1S/C12H18O.C10H12O2.2C10H18O.C9H10O3S.C9H16O.C9H10O.C8H14O.C5H8O.C4H8O.C3H7ClO/c1-2-13-12-6-9-3-10(7-12)5-11(4-9)8-12;1-2-11-8-9-12-10-6-4-3-5-7-10;1-9(2)8-11-10-6-4-3-5-7-10;1-2-11-9-8-10-6-4-3-5-7-10;1-2-11-5-6-12-9(10)8-4-3-7-13-8;1-8(2)10-9-6-4-3-5-7-9;1-2-10-8-9-6-4-3-5-7-9;1-2-9-8-6-4-3-5-7-8;1-2-4-6-5-3-1;1-3-5-4-2;1-2-5-3-4/h2,9-11H,1,3-8H2;2-7H,1,8-9H2;8,10H,3-7H2,1-2H3;2,10H,1,3-9H2;2-4,7H,1,5-6H2;9H,1,3-7H2,2H3;2-7H,1,8H2;2,8H,1,3-7H2;2,4H,1,3,5H2;3H,1,4H2,2H3;2-3H2,1H3. The maximum absolute atomic E-state index is 11.2. The van der Waals surface area contributed by atoms with E-state index in [0.717, 1.165) is 55.0 Å². The molecule has 0 radical (unpaired) electrons. The maximum atomic E-state index is 11.2. The third-order valence-corrected chi connectivity index (χ3v) is 18.8. The van der Waals surface area contributed by atoms with Crippen LogP contribution >= 0.6 is 22.9 Å². The minimum atomic E-state index is -0.303. The zero-order valence-electron chi connectivity index (χ0n) is 65.6. The number of carbonyl (C=O) groups is 1. The van der Waals surface area contributed by atoms with Crippen LogP contribution in [0.15, 0.2) is 205 Å². The molecule has 4 bridgehead atoms. The second-order valence-electron chi connectivity index (χ2n) is 26.9. The van der Waals surface area contributed by atoms with Gasteiger partial charge >= 0.3 is 5.97 Å². The van der Waals surface area contributed by atoms with Crippen molar-refractivity contribution in [2.75, 3.05) is 58.9 Å². The third kappa shape index (κ3) is 55.2. The van der Waals surface area contributed by atoms with Crippen LogP contribution in [-0.2, 0) is 63.4 Å². The quantitative estimate of drug-likeness (QED) is 0.0282. The summed E-state index contributed by atoms with van der Waals surface area (Å²) < 4.78 is 66.2. The van der Waals surface area contributed by atoms with Crippen molar-refractivity contribution in [3.05, 3.63) is 215 Å². The van der Waals surface area contributed by atoms with Crippen molar-refractivity contribution < 1.29 is 66.4 Å². The number of hydrogen-bond donors (Lipinski definition) is 0. The first kappa shape index (κ1) is 96.1. The zero-order chi connectivity index (χ0) is 76.7. The Morgan fingerprint density at radius 2 is 1.07 bits per heavy atom. The van der Waals surface area contributed by atoms with E-state index in [0.29, 0.717) is 62.3 Å². The van der Waals surface area contributed by atoms with Crippen LogP contribution in [0.1, 0.15) is 236 Å². The first-order valence-electron chi connectivity index (χ1n) is 38.9. The molecular formula is C89H139ClO14S. The summed E-state index contributed by atoms with van der Waals surface area (Å²) in [5.74, 6) is 5.30. The van der Waals surface area contributed by atoms with E-state index in [4.69, 9.17) is 63.7 Å². The summed E-state index contributed by atoms with van der Waals surface area (Å²) in [5.41, 5.74) is 2.66. The second kappa shape index (κ2) is 68.8. The Kier molecular flexibility index (Phi) is 63.0. The summed E-state index contributed by atoms with van der Waals surface area (Å²) in [7, 11) is 0. The van der Waals surface area contributed by atoms with Crippen molar-refractivity contribution in [2.45, 2.75) is 251 Å². The van der Waals surface area contributed by atoms with Crippen LogP contribution in [-0.4, -0.2) is 88.8 Å². The lowest BCUT2D eigenvalue weighted by molar-refractivity contribution is -0.130. The number of rotatable bonds is 29. The highest BCUT2D eigenvalue weighted by Gasteiger charge is 2.52. The molecule has 9 aliphatic rings. The highest BCUT2D eigenvalue weighted by molar-refractivity contribution is 7.11. The highest BCUT2D eigenvalue weighted by atomic mass is 35.5. The number of alkyl halides is 1. The summed E-state index contributed by atoms with van der Waals surface area (Å²) in [6, 6.07) is 23.5. The van der Waals surface area contributed by atoms with Gasteiger partial charge in [0.25, 0.3) is 0 Å². The second-order valence-corrected chi connectivity index (χ2v) is 28.0. The molecule has 8 aliphatic carbocycles. The summed E-state index contributed by atoms with van der Waals surface area (Å²) in [6.07, 6.45) is 56.3. The minimum Gasteiger partial charge on any atom is -0.502 e. The van der Waals surface area contributed by atoms with Gasteiger partial charge in [-0.05, 0) is 234 Å². The fourth-order valence-corrected chi connectivity index (χ4v) is 14.1. The van der Waals surface area contributed by atoms with Crippen molar-refractivity contribution in [2.24, 2.45) is 23.7 Å². The van der Waals surface area contributed by atoms with Crippen molar-refractivity contribution in [3.8, 4) is 5.75 Å².